The zero-order valence-electron chi connectivity index (χ0n) is 8.86. The van der Waals surface area contributed by atoms with Crippen molar-refractivity contribution in [2.75, 3.05) is 20.2 Å². The SMILES string of the molecule is CCc1ccc(C2OCCN2C)cc1. The summed E-state index contributed by atoms with van der Waals surface area (Å²) in [6.45, 7) is 4.05. The van der Waals surface area contributed by atoms with Crippen LogP contribution in [0.15, 0.2) is 24.3 Å². The summed E-state index contributed by atoms with van der Waals surface area (Å²) in [4.78, 5) is 2.24. The van der Waals surface area contributed by atoms with Crippen LogP contribution in [0.1, 0.15) is 24.3 Å². The van der Waals surface area contributed by atoms with Crippen LogP contribution < -0.4 is 0 Å². The van der Waals surface area contributed by atoms with E-state index in [0.717, 1.165) is 19.6 Å². The van der Waals surface area contributed by atoms with Crippen LogP contribution in [0.4, 0.5) is 0 Å². The Bertz CT molecular complexity index is 294. The first kappa shape index (κ1) is 9.69. The maximum atomic E-state index is 5.65. The van der Waals surface area contributed by atoms with E-state index >= 15 is 0 Å². The fourth-order valence-electron chi connectivity index (χ4n) is 1.82. The predicted octanol–water partition coefficient (Wildman–Crippen LogP) is 2.21. The van der Waals surface area contributed by atoms with Gasteiger partial charge < -0.3 is 4.74 Å². The van der Waals surface area contributed by atoms with Gasteiger partial charge in [0.15, 0.2) is 0 Å². The lowest BCUT2D eigenvalue weighted by Crippen LogP contribution is -2.18. The van der Waals surface area contributed by atoms with Gasteiger partial charge in [0.25, 0.3) is 0 Å². The van der Waals surface area contributed by atoms with Crippen LogP contribution in [-0.2, 0) is 11.2 Å². The molecular formula is C12H17NO. The average Bonchev–Trinajstić information content (AvgIpc) is 2.65. The van der Waals surface area contributed by atoms with E-state index in [0.29, 0.717) is 0 Å². The molecule has 0 bridgehead atoms. The van der Waals surface area contributed by atoms with Gasteiger partial charge in [-0.2, -0.15) is 0 Å². The zero-order valence-corrected chi connectivity index (χ0v) is 8.86. The molecule has 1 aromatic carbocycles. The number of nitrogens with zero attached hydrogens (tertiary/aromatic N) is 1. The van der Waals surface area contributed by atoms with Crippen molar-refractivity contribution in [3.8, 4) is 0 Å². The van der Waals surface area contributed by atoms with E-state index in [1.807, 2.05) is 0 Å². The fourth-order valence-corrected chi connectivity index (χ4v) is 1.82. The second-order valence-electron chi connectivity index (χ2n) is 3.80. The summed E-state index contributed by atoms with van der Waals surface area (Å²) in [6.07, 6.45) is 1.27. The third-order valence-electron chi connectivity index (χ3n) is 2.79. The van der Waals surface area contributed by atoms with Gasteiger partial charge in [-0.1, -0.05) is 31.2 Å². The molecule has 1 unspecified atom stereocenters. The van der Waals surface area contributed by atoms with E-state index in [1.54, 1.807) is 0 Å². The molecule has 0 aromatic heterocycles. The van der Waals surface area contributed by atoms with Crippen LogP contribution in [-0.4, -0.2) is 25.1 Å². The Hall–Kier alpha value is -0.860. The number of benzene rings is 1. The molecule has 0 aliphatic carbocycles. The molecular weight excluding hydrogens is 174 g/mol. The molecule has 1 atom stereocenters. The van der Waals surface area contributed by atoms with E-state index in [4.69, 9.17) is 4.74 Å². The van der Waals surface area contributed by atoms with E-state index in [2.05, 4.69) is 43.1 Å². The molecule has 0 spiro atoms. The third kappa shape index (κ3) is 1.81. The summed E-state index contributed by atoms with van der Waals surface area (Å²) in [5.41, 5.74) is 2.65. The quantitative estimate of drug-likeness (QED) is 0.710. The van der Waals surface area contributed by atoms with E-state index in [1.165, 1.54) is 11.1 Å². The van der Waals surface area contributed by atoms with Crippen LogP contribution in [0.2, 0.25) is 0 Å². The minimum absolute atomic E-state index is 0.168. The Labute approximate surface area is 85.5 Å². The number of aryl methyl sites for hydroxylation is 1. The lowest BCUT2D eigenvalue weighted by Gasteiger charge is -2.18. The zero-order chi connectivity index (χ0) is 9.97. The lowest BCUT2D eigenvalue weighted by atomic mass is 10.1. The Morgan fingerprint density at radius 1 is 1.36 bits per heavy atom. The van der Waals surface area contributed by atoms with E-state index in [-0.39, 0.29) is 6.23 Å². The summed E-state index contributed by atoms with van der Waals surface area (Å²) in [5, 5.41) is 0. The molecule has 0 amide bonds. The van der Waals surface area contributed by atoms with Gasteiger partial charge in [-0.05, 0) is 24.6 Å². The molecule has 1 aliphatic heterocycles. The molecule has 2 heteroatoms. The van der Waals surface area contributed by atoms with Gasteiger partial charge in [0.1, 0.15) is 6.23 Å². The molecule has 76 valence electrons. The number of likely N-dealkylation sites (N-methyl/N-ethyl adjacent to an activating group) is 1. The Morgan fingerprint density at radius 3 is 2.57 bits per heavy atom. The first-order valence-corrected chi connectivity index (χ1v) is 5.22. The number of hydrogen-bond acceptors (Lipinski definition) is 2. The maximum Gasteiger partial charge on any atom is 0.136 e. The molecule has 2 rings (SSSR count). The van der Waals surface area contributed by atoms with E-state index in [9.17, 15) is 0 Å². The molecule has 1 saturated heterocycles. The Morgan fingerprint density at radius 2 is 2.07 bits per heavy atom. The fraction of sp³-hybridized carbons (Fsp3) is 0.500. The van der Waals surface area contributed by atoms with Gasteiger partial charge in [0.2, 0.25) is 0 Å². The molecule has 1 aromatic rings. The summed E-state index contributed by atoms with van der Waals surface area (Å²) < 4.78 is 5.65. The molecule has 1 heterocycles. The standard InChI is InChI=1S/C12H17NO/c1-3-10-4-6-11(7-5-10)12-13(2)8-9-14-12/h4-7,12H,3,8-9H2,1-2H3. The third-order valence-corrected chi connectivity index (χ3v) is 2.79. The largest absolute Gasteiger partial charge is 0.358 e. The first-order valence-electron chi connectivity index (χ1n) is 5.22. The summed E-state index contributed by atoms with van der Waals surface area (Å²) in [7, 11) is 2.10. The van der Waals surface area contributed by atoms with Crippen molar-refractivity contribution in [3.05, 3.63) is 35.4 Å². The smallest absolute Gasteiger partial charge is 0.136 e. The normalized spacial score (nSPS) is 22.9. The summed E-state index contributed by atoms with van der Waals surface area (Å²) in [5.74, 6) is 0. The van der Waals surface area contributed by atoms with Crippen molar-refractivity contribution >= 4 is 0 Å². The topological polar surface area (TPSA) is 12.5 Å². The minimum atomic E-state index is 0.168. The maximum absolute atomic E-state index is 5.65. The predicted molar refractivity (Wildman–Crippen MR) is 57.1 cm³/mol. The molecule has 0 N–H and O–H groups in total. The highest BCUT2D eigenvalue weighted by atomic mass is 16.5. The van der Waals surface area contributed by atoms with Crippen LogP contribution in [0.25, 0.3) is 0 Å². The Balaban J connectivity index is 2.16. The highest BCUT2D eigenvalue weighted by Gasteiger charge is 2.22. The van der Waals surface area contributed by atoms with Gasteiger partial charge >= 0.3 is 0 Å². The highest BCUT2D eigenvalue weighted by Crippen LogP contribution is 2.25. The minimum Gasteiger partial charge on any atom is -0.358 e. The van der Waals surface area contributed by atoms with Crippen LogP contribution >= 0.6 is 0 Å². The summed E-state index contributed by atoms with van der Waals surface area (Å²) in [6, 6.07) is 8.71. The lowest BCUT2D eigenvalue weighted by molar-refractivity contribution is 0.0453. The van der Waals surface area contributed by atoms with Gasteiger partial charge in [-0.25, -0.2) is 0 Å². The molecule has 2 nitrogen and oxygen atoms in total. The monoisotopic (exact) mass is 191 g/mol. The van der Waals surface area contributed by atoms with Crippen molar-refractivity contribution in [3.63, 3.8) is 0 Å². The van der Waals surface area contributed by atoms with Crippen molar-refractivity contribution < 1.29 is 4.74 Å². The van der Waals surface area contributed by atoms with Crippen molar-refractivity contribution in [1.29, 1.82) is 0 Å². The highest BCUT2D eigenvalue weighted by molar-refractivity contribution is 5.24. The van der Waals surface area contributed by atoms with Gasteiger partial charge in [0, 0.05) is 6.54 Å². The Kier molecular flexibility index (Phi) is 2.85. The second kappa shape index (κ2) is 4.11. The van der Waals surface area contributed by atoms with Crippen molar-refractivity contribution in [1.82, 2.24) is 4.90 Å². The number of hydrogen-bond donors (Lipinski definition) is 0. The van der Waals surface area contributed by atoms with Crippen LogP contribution in [0.5, 0.6) is 0 Å². The summed E-state index contributed by atoms with van der Waals surface area (Å²) >= 11 is 0. The van der Waals surface area contributed by atoms with Gasteiger partial charge in [-0.3, -0.25) is 4.90 Å². The number of rotatable bonds is 2. The van der Waals surface area contributed by atoms with E-state index < -0.39 is 0 Å². The van der Waals surface area contributed by atoms with Crippen LogP contribution in [0, 0.1) is 0 Å². The van der Waals surface area contributed by atoms with Crippen molar-refractivity contribution in [2.24, 2.45) is 0 Å². The number of ether oxygens (including phenoxy) is 1. The average molecular weight is 191 g/mol. The molecule has 0 radical (unpaired) electrons. The first-order chi connectivity index (χ1) is 6.81. The van der Waals surface area contributed by atoms with Crippen molar-refractivity contribution in [2.45, 2.75) is 19.6 Å². The van der Waals surface area contributed by atoms with Gasteiger partial charge in [0.05, 0.1) is 6.61 Å². The van der Waals surface area contributed by atoms with Gasteiger partial charge in [-0.15, -0.1) is 0 Å². The molecule has 0 saturated carbocycles. The molecule has 1 aliphatic rings. The molecule has 14 heavy (non-hydrogen) atoms. The van der Waals surface area contributed by atoms with Crippen LogP contribution in [0.3, 0.4) is 0 Å². The second-order valence-corrected chi connectivity index (χ2v) is 3.80. The molecule has 1 fully saturated rings.